The fourth-order valence-electron chi connectivity index (χ4n) is 3.43. The molecule has 7 nitrogen and oxygen atoms in total. The largest absolute Gasteiger partial charge is 0.495 e. The SMILES string of the molecule is COC(=O)C1=C(C)N(c2ccccc2)C(=O)CC1C(=O)Nc1ccccc1OC. The third-order valence-electron chi connectivity index (χ3n) is 4.80. The normalized spacial score (nSPS) is 16.4. The predicted octanol–water partition coefficient (Wildman–Crippen LogP) is 3.13. The van der Waals surface area contributed by atoms with Gasteiger partial charge in [-0.05, 0) is 31.2 Å². The lowest BCUT2D eigenvalue weighted by Crippen LogP contribution is -2.43. The molecule has 0 fully saturated rings. The zero-order valence-corrected chi connectivity index (χ0v) is 16.5. The molecule has 0 aromatic heterocycles. The first-order chi connectivity index (χ1) is 14.0. The van der Waals surface area contributed by atoms with E-state index in [0.29, 0.717) is 22.8 Å². The molecule has 150 valence electrons. The predicted molar refractivity (Wildman–Crippen MR) is 108 cm³/mol. The molecule has 0 bridgehead atoms. The molecule has 1 aliphatic heterocycles. The van der Waals surface area contributed by atoms with E-state index in [1.54, 1.807) is 55.5 Å². The van der Waals surface area contributed by atoms with Crippen molar-refractivity contribution in [2.75, 3.05) is 24.4 Å². The maximum absolute atomic E-state index is 13.0. The second-order valence-corrected chi connectivity index (χ2v) is 6.50. The Morgan fingerprint density at radius 1 is 1.03 bits per heavy atom. The number of esters is 1. The molecule has 2 aromatic rings. The fourth-order valence-corrected chi connectivity index (χ4v) is 3.43. The van der Waals surface area contributed by atoms with E-state index < -0.39 is 17.8 Å². The van der Waals surface area contributed by atoms with Crippen LogP contribution in [0.25, 0.3) is 0 Å². The van der Waals surface area contributed by atoms with Crippen LogP contribution < -0.4 is 15.0 Å². The van der Waals surface area contributed by atoms with Crippen LogP contribution in [0.3, 0.4) is 0 Å². The van der Waals surface area contributed by atoms with Gasteiger partial charge in [0.25, 0.3) is 0 Å². The van der Waals surface area contributed by atoms with Gasteiger partial charge in [0.15, 0.2) is 0 Å². The van der Waals surface area contributed by atoms with Crippen molar-refractivity contribution in [3.63, 3.8) is 0 Å². The van der Waals surface area contributed by atoms with Crippen LogP contribution in [0.5, 0.6) is 5.75 Å². The number of anilines is 2. The summed E-state index contributed by atoms with van der Waals surface area (Å²) in [6.07, 6.45) is -0.155. The molecule has 0 aliphatic carbocycles. The lowest BCUT2D eigenvalue weighted by molar-refractivity contribution is -0.138. The van der Waals surface area contributed by atoms with Crippen molar-refractivity contribution in [3.05, 3.63) is 65.9 Å². The minimum absolute atomic E-state index is 0.155. The quantitative estimate of drug-likeness (QED) is 0.788. The Kier molecular flexibility index (Phi) is 5.97. The molecule has 29 heavy (non-hydrogen) atoms. The van der Waals surface area contributed by atoms with E-state index >= 15 is 0 Å². The average Bonchev–Trinajstić information content (AvgIpc) is 2.74. The standard InChI is InChI=1S/C22H22N2O5/c1-14-20(22(27)29-3)16(13-19(25)24(14)15-9-5-4-6-10-15)21(26)23-17-11-7-8-12-18(17)28-2/h4-12,16H,13H2,1-3H3,(H,23,26). The van der Waals surface area contributed by atoms with Crippen LogP contribution in [-0.2, 0) is 19.1 Å². The van der Waals surface area contributed by atoms with Crippen LogP contribution in [0, 0.1) is 5.92 Å². The monoisotopic (exact) mass is 394 g/mol. The van der Waals surface area contributed by atoms with Crippen LogP contribution in [0.15, 0.2) is 65.9 Å². The summed E-state index contributed by atoms with van der Waals surface area (Å²) < 4.78 is 10.2. The maximum atomic E-state index is 13.0. The fraction of sp³-hybridized carbons (Fsp3) is 0.227. The molecule has 3 rings (SSSR count). The Morgan fingerprint density at radius 2 is 1.69 bits per heavy atom. The third kappa shape index (κ3) is 3.99. The van der Waals surface area contributed by atoms with Gasteiger partial charge in [0, 0.05) is 17.8 Å². The van der Waals surface area contributed by atoms with Crippen molar-refractivity contribution in [2.24, 2.45) is 5.92 Å². The van der Waals surface area contributed by atoms with Gasteiger partial charge < -0.3 is 14.8 Å². The van der Waals surface area contributed by atoms with Crippen LogP contribution in [-0.4, -0.2) is 32.0 Å². The number of nitrogens with one attached hydrogen (secondary N) is 1. The third-order valence-corrected chi connectivity index (χ3v) is 4.80. The highest BCUT2D eigenvalue weighted by atomic mass is 16.5. The molecule has 1 heterocycles. The van der Waals surface area contributed by atoms with Crippen molar-refractivity contribution in [3.8, 4) is 5.75 Å². The molecule has 7 heteroatoms. The van der Waals surface area contributed by atoms with E-state index in [-0.39, 0.29) is 17.9 Å². The lowest BCUT2D eigenvalue weighted by atomic mass is 9.88. The van der Waals surface area contributed by atoms with E-state index in [1.165, 1.54) is 19.1 Å². The number of benzene rings is 2. The molecule has 0 radical (unpaired) electrons. The van der Waals surface area contributed by atoms with Gasteiger partial charge in [-0.1, -0.05) is 30.3 Å². The summed E-state index contributed by atoms with van der Waals surface area (Å²) in [7, 11) is 2.75. The van der Waals surface area contributed by atoms with Gasteiger partial charge in [-0.2, -0.15) is 0 Å². The zero-order valence-electron chi connectivity index (χ0n) is 16.5. The maximum Gasteiger partial charge on any atom is 0.336 e. The number of carbonyl (C=O) groups is 3. The summed E-state index contributed by atoms with van der Waals surface area (Å²) in [5, 5.41) is 2.76. The Balaban J connectivity index is 2.00. The Bertz CT molecular complexity index is 968. The van der Waals surface area contributed by atoms with Gasteiger partial charge in [-0.25, -0.2) is 4.79 Å². The van der Waals surface area contributed by atoms with E-state index in [1.807, 2.05) is 6.07 Å². The molecule has 1 atom stereocenters. The summed E-state index contributed by atoms with van der Waals surface area (Å²) in [5.74, 6) is -1.89. The second-order valence-electron chi connectivity index (χ2n) is 6.50. The average molecular weight is 394 g/mol. The Labute approximate surface area is 168 Å². The van der Waals surface area contributed by atoms with Crippen molar-refractivity contribution in [2.45, 2.75) is 13.3 Å². The first-order valence-corrected chi connectivity index (χ1v) is 9.09. The Hall–Kier alpha value is -3.61. The number of allylic oxidation sites excluding steroid dienone is 1. The summed E-state index contributed by atoms with van der Waals surface area (Å²) in [6.45, 7) is 1.64. The van der Waals surface area contributed by atoms with Crippen LogP contribution in [0.2, 0.25) is 0 Å². The molecule has 0 spiro atoms. The minimum atomic E-state index is -0.972. The van der Waals surface area contributed by atoms with Crippen molar-refractivity contribution in [1.29, 1.82) is 0 Å². The number of nitrogens with zero attached hydrogens (tertiary/aromatic N) is 1. The summed E-state index contributed by atoms with van der Waals surface area (Å²) >= 11 is 0. The molecule has 2 amide bonds. The van der Waals surface area contributed by atoms with E-state index in [4.69, 9.17) is 9.47 Å². The lowest BCUT2D eigenvalue weighted by Gasteiger charge is -2.33. The molecular formula is C22H22N2O5. The van der Waals surface area contributed by atoms with Gasteiger partial charge in [0.2, 0.25) is 11.8 Å². The van der Waals surface area contributed by atoms with Gasteiger partial charge in [-0.3, -0.25) is 14.5 Å². The first kappa shape index (κ1) is 20.1. The molecule has 1 aliphatic rings. The van der Waals surface area contributed by atoms with Gasteiger partial charge in [-0.15, -0.1) is 0 Å². The molecule has 1 unspecified atom stereocenters. The van der Waals surface area contributed by atoms with E-state index in [9.17, 15) is 14.4 Å². The highest BCUT2D eigenvalue weighted by Gasteiger charge is 2.40. The van der Waals surface area contributed by atoms with Gasteiger partial charge in [0.05, 0.1) is 31.4 Å². The first-order valence-electron chi connectivity index (χ1n) is 9.09. The van der Waals surface area contributed by atoms with Crippen molar-refractivity contribution in [1.82, 2.24) is 0 Å². The van der Waals surface area contributed by atoms with Crippen molar-refractivity contribution >= 4 is 29.2 Å². The van der Waals surface area contributed by atoms with Crippen LogP contribution >= 0.6 is 0 Å². The van der Waals surface area contributed by atoms with E-state index in [2.05, 4.69) is 5.32 Å². The number of ether oxygens (including phenoxy) is 2. The van der Waals surface area contributed by atoms with Crippen LogP contribution in [0.4, 0.5) is 11.4 Å². The molecular weight excluding hydrogens is 372 g/mol. The molecule has 1 N–H and O–H groups in total. The topological polar surface area (TPSA) is 84.9 Å². The number of rotatable bonds is 5. The van der Waals surface area contributed by atoms with Gasteiger partial charge >= 0.3 is 5.97 Å². The van der Waals surface area contributed by atoms with Gasteiger partial charge in [0.1, 0.15) is 5.75 Å². The number of amides is 2. The minimum Gasteiger partial charge on any atom is -0.495 e. The second kappa shape index (κ2) is 8.60. The zero-order chi connectivity index (χ0) is 21.0. The van der Waals surface area contributed by atoms with Crippen LogP contribution in [0.1, 0.15) is 13.3 Å². The number of hydrogen-bond acceptors (Lipinski definition) is 5. The Morgan fingerprint density at radius 3 is 2.34 bits per heavy atom. The number of methoxy groups -OCH3 is 2. The number of carbonyl (C=O) groups excluding carboxylic acids is 3. The number of para-hydroxylation sites is 3. The summed E-state index contributed by atoms with van der Waals surface area (Å²) in [6, 6.07) is 15.9. The number of hydrogen-bond donors (Lipinski definition) is 1. The molecule has 0 saturated heterocycles. The molecule has 0 saturated carbocycles. The van der Waals surface area contributed by atoms with E-state index in [0.717, 1.165) is 0 Å². The summed E-state index contributed by atoms with van der Waals surface area (Å²) in [4.78, 5) is 39.9. The molecule has 2 aromatic carbocycles. The highest BCUT2D eigenvalue weighted by molar-refractivity contribution is 6.10. The smallest absolute Gasteiger partial charge is 0.336 e. The highest BCUT2D eigenvalue weighted by Crippen LogP contribution is 2.34. The van der Waals surface area contributed by atoms with Crippen molar-refractivity contribution < 1.29 is 23.9 Å². The summed E-state index contributed by atoms with van der Waals surface area (Å²) in [5.41, 5.74) is 1.61.